The van der Waals surface area contributed by atoms with Crippen LogP contribution in [0, 0.1) is 0 Å². The molecule has 418 valence electrons. The molecule has 2 aliphatic carbocycles. The zero-order chi connectivity index (χ0) is 58.6. The fourth-order valence-electron chi connectivity index (χ4n) is 15.4. The third kappa shape index (κ3) is 7.32. The Morgan fingerprint density at radius 2 is 0.742 bits per heavy atom. The standard InChI is InChI=1S/C83H56N6/c1-83(2)70-26-12-6-20-59(70)60-41-40-58(50-71(60)83)88-75-30-16-10-23-63(75)68-48-54(36-44-79(68)88)55-37-45-80-69(49-55)64-24-11-17-31-76(64)89(80)82-65-25-7-13-27-72(65)84-81(85-82)51-32-38-57(39-33-51)87-74-29-15-9-22-62(74)67-47-53(35-43-78(67)87)52-34-42-77-66(46-52)61-21-8-14-28-73(61)86(77)56-18-4-3-5-19-56/h4,6-50H,3,5H2,1-2H3. The molecule has 0 saturated carbocycles. The molecular weight excluding hydrogens is 1080 g/mol. The normalized spacial score (nSPS) is 13.8. The van der Waals surface area contributed by atoms with E-state index in [0.29, 0.717) is 5.82 Å². The molecule has 0 atom stereocenters. The van der Waals surface area contributed by atoms with Gasteiger partial charge in [-0.15, -0.1) is 0 Å². The summed E-state index contributed by atoms with van der Waals surface area (Å²) in [7, 11) is 0. The molecular formula is C83H56N6. The molecule has 2 aliphatic rings. The van der Waals surface area contributed by atoms with Crippen molar-refractivity contribution in [2.45, 2.75) is 32.1 Å². The smallest absolute Gasteiger partial charge is 0.162 e. The van der Waals surface area contributed by atoms with Crippen LogP contribution in [0.1, 0.15) is 37.8 Å². The lowest BCUT2D eigenvalue weighted by Gasteiger charge is -2.22. The lowest BCUT2D eigenvalue weighted by atomic mass is 9.82. The fourth-order valence-corrected chi connectivity index (χ4v) is 15.4. The predicted octanol–water partition coefficient (Wildman–Crippen LogP) is 21.5. The van der Waals surface area contributed by atoms with Crippen molar-refractivity contribution in [1.82, 2.24) is 28.2 Å². The Kier molecular flexibility index (Phi) is 10.6. The molecule has 17 aromatic rings. The molecule has 5 heterocycles. The average molecular weight is 1140 g/mol. The van der Waals surface area contributed by atoms with Crippen molar-refractivity contribution in [3.05, 3.63) is 290 Å². The summed E-state index contributed by atoms with van der Waals surface area (Å²) >= 11 is 0. The van der Waals surface area contributed by atoms with Crippen LogP contribution < -0.4 is 0 Å². The highest BCUT2D eigenvalue weighted by Crippen LogP contribution is 2.50. The van der Waals surface area contributed by atoms with Crippen LogP contribution in [0.2, 0.25) is 0 Å². The van der Waals surface area contributed by atoms with Crippen LogP contribution in [0.15, 0.2) is 279 Å². The van der Waals surface area contributed by atoms with Gasteiger partial charge in [-0.2, -0.15) is 0 Å². The first-order valence-corrected chi connectivity index (χ1v) is 31.0. The highest BCUT2D eigenvalue weighted by Gasteiger charge is 2.35. The number of fused-ring (bicyclic) bond motifs is 16. The second-order valence-electron chi connectivity index (χ2n) is 24.8. The molecule has 0 fully saturated rings. The van der Waals surface area contributed by atoms with Gasteiger partial charge in [-0.3, -0.25) is 4.57 Å². The van der Waals surface area contributed by atoms with E-state index in [1.54, 1.807) is 0 Å². The largest absolute Gasteiger partial charge is 0.310 e. The van der Waals surface area contributed by atoms with E-state index in [-0.39, 0.29) is 5.41 Å². The van der Waals surface area contributed by atoms with Crippen LogP contribution in [0.3, 0.4) is 0 Å². The van der Waals surface area contributed by atoms with E-state index in [0.717, 1.165) is 68.4 Å². The molecule has 0 saturated heterocycles. The molecule has 5 aromatic heterocycles. The van der Waals surface area contributed by atoms with Crippen LogP contribution in [0.5, 0.6) is 0 Å². The van der Waals surface area contributed by atoms with Gasteiger partial charge in [0, 0.05) is 76.5 Å². The Balaban J connectivity index is 0.687. The zero-order valence-electron chi connectivity index (χ0n) is 49.2. The van der Waals surface area contributed by atoms with Gasteiger partial charge in [-0.05, 0) is 185 Å². The SMILES string of the molecule is CC1(C)c2ccccc2-c2ccc(-n3c4ccccc4c4cc(-c5ccc6c(c5)c5ccccc5n6-c5nc(-c6ccc(-n7c8ccccc8c8cc(-c9ccc%10c(c9)c9ccccc9n%10C9=CCCC=C9)ccc87)cc6)nc6ccccc56)ccc43)cc21. The first-order valence-electron chi connectivity index (χ1n) is 31.0. The summed E-state index contributed by atoms with van der Waals surface area (Å²) < 4.78 is 9.62. The first-order chi connectivity index (χ1) is 43.9. The van der Waals surface area contributed by atoms with E-state index >= 15 is 0 Å². The fraction of sp³-hybridized carbons (Fsp3) is 0.0602. The summed E-state index contributed by atoms with van der Waals surface area (Å²) in [5.74, 6) is 1.52. The van der Waals surface area contributed by atoms with Crippen molar-refractivity contribution in [2.75, 3.05) is 0 Å². The van der Waals surface area contributed by atoms with Gasteiger partial charge in [-0.25, -0.2) is 9.97 Å². The lowest BCUT2D eigenvalue weighted by molar-refractivity contribution is 0.660. The Labute approximate surface area is 513 Å². The second kappa shape index (κ2) is 18.8. The van der Waals surface area contributed by atoms with E-state index in [1.165, 1.54) is 115 Å². The minimum Gasteiger partial charge on any atom is -0.310 e. The molecule has 6 heteroatoms. The monoisotopic (exact) mass is 1140 g/mol. The van der Waals surface area contributed by atoms with Crippen LogP contribution in [-0.4, -0.2) is 28.2 Å². The molecule has 0 N–H and O–H groups in total. The Morgan fingerprint density at radius 3 is 1.30 bits per heavy atom. The number of para-hydroxylation sites is 5. The van der Waals surface area contributed by atoms with Gasteiger partial charge < -0.3 is 13.7 Å². The quantitative estimate of drug-likeness (QED) is 0.160. The maximum absolute atomic E-state index is 5.55. The molecule has 12 aromatic carbocycles. The molecule has 19 rings (SSSR count). The molecule has 0 bridgehead atoms. The maximum atomic E-state index is 5.55. The summed E-state index contributed by atoms with van der Waals surface area (Å²) in [4.78, 5) is 10.8. The van der Waals surface area contributed by atoms with E-state index in [9.17, 15) is 0 Å². The van der Waals surface area contributed by atoms with E-state index in [1.807, 2.05) is 0 Å². The lowest BCUT2D eigenvalue weighted by Crippen LogP contribution is -2.15. The number of aromatic nitrogens is 6. The van der Waals surface area contributed by atoms with Gasteiger partial charge >= 0.3 is 0 Å². The van der Waals surface area contributed by atoms with Crippen LogP contribution in [0.25, 0.3) is 166 Å². The van der Waals surface area contributed by atoms with Crippen molar-refractivity contribution in [3.8, 4) is 62.0 Å². The Morgan fingerprint density at radius 1 is 0.315 bits per heavy atom. The van der Waals surface area contributed by atoms with Crippen LogP contribution in [0.4, 0.5) is 0 Å². The van der Waals surface area contributed by atoms with Crippen LogP contribution in [-0.2, 0) is 5.41 Å². The van der Waals surface area contributed by atoms with E-state index in [2.05, 4.69) is 311 Å². The molecule has 0 amide bonds. The maximum Gasteiger partial charge on any atom is 0.162 e. The molecule has 6 nitrogen and oxygen atoms in total. The number of rotatable bonds is 7. The predicted molar refractivity (Wildman–Crippen MR) is 372 cm³/mol. The summed E-state index contributed by atoms with van der Waals surface area (Å²) in [5.41, 5.74) is 24.8. The van der Waals surface area contributed by atoms with Gasteiger partial charge in [0.15, 0.2) is 5.82 Å². The number of hydrogen-bond donors (Lipinski definition) is 0. The summed E-state index contributed by atoms with van der Waals surface area (Å²) in [6.07, 6.45) is 9.07. The number of benzene rings is 12. The highest BCUT2D eigenvalue weighted by atomic mass is 15.1. The van der Waals surface area contributed by atoms with Gasteiger partial charge in [0.1, 0.15) is 5.82 Å². The van der Waals surface area contributed by atoms with Crippen molar-refractivity contribution in [1.29, 1.82) is 0 Å². The van der Waals surface area contributed by atoms with Gasteiger partial charge in [0.25, 0.3) is 0 Å². The molecule has 0 unspecified atom stereocenters. The highest BCUT2D eigenvalue weighted by molar-refractivity contribution is 6.15. The van der Waals surface area contributed by atoms with Crippen LogP contribution >= 0.6 is 0 Å². The van der Waals surface area contributed by atoms with Crippen molar-refractivity contribution in [2.24, 2.45) is 0 Å². The van der Waals surface area contributed by atoms with Gasteiger partial charge in [0.2, 0.25) is 0 Å². The zero-order valence-corrected chi connectivity index (χ0v) is 49.2. The molecule has 0 aliphatic heterocycles. The number of hydrogen-bond acceptors (Lipinski definition) is 2. The van der Waals surface area contributed by atoms with Gasteiger partial charge in [0.05, 0.1) is 49.7 Å². The number of allylic oxidation sites excluding steroid dienone is 4. The second-order valence-corrected chi connectivity index (χ2v) is 24.8. The average Bonchev–Trinajstić information content (AvgIpc) is 2.42. The Bertz CT molecular complexity index is 5950. The van der Waals surface area contributed by atoms with Crippen molar-refractivity contribution < 1.29 is 0 Å². The Hall–Kier alpha value is -11.3. The third-order valence-electron chi connectivity index (χ3n) is 19.6. The third-order valence-corrected chi connectivity index (χ3v) is 19.6. The molecule has 89 heavy (non-hydrogen) atoms. The summed E-state index contributed by atoms with van der Waals surface area (Å²) in [5, 5.41) is 10.8. The minimum atomic E-state index is -0.0938. The first kappa shape index (κ1) is 49.9. The van der Waals surface area contributed by atoms with E-state index < -0.39 is 0 Å². The van der Waals surface area contributed by atoms with Crippen molar-refractivity contribution >= 4 is 104 Å². The molecule has 0 radical (unpaired) electrons. The summed E-state index contributed by atoms with van der Waals surface area (Å²) in [6, 6.07) is 96.3. The topological polar surface area (TPSA) is 45.5 Å². The van der Waals surface area contributed by atoms with E-state index in [4.69, 9.17) is 9.97 Å². The minimum absolute atomic E-state index is 0.0938. The molecule has 0 spiro atoms. The van der Waals surface area contributed by atoms with Gasteiger partial charge in [-0.1, -0.05) is 166 Å². The van der Waals surface area contributed by atoms with Crippen molar-refractivity contribution in [3.63, 3.8) is 0 Å². The number of nitrogens with zero attached hydrogens (tertiary/aromatic N) is 6. The summed E-state index contributed by atoms with van der Waals surface area (Å²) in [6.45, 7) is 4.72.